The van der Waals surface area contributed by atoms with Gasteiger partial charge in [-0.2, -0.15) is 10.5 Å². The first-order valence-electron chi connectivity index (χ1n) is 7.04. The monoisotopic (exact) mass is 436 g/mol. The van der Waals surface area contributed by atoms with Gasteiger partial charge in [-0.1, -0.05) is 12.1 Å². The van der Waals surface area contributed by atoms with E-state index < -0.39 is 30.0 Å². The summed E-state index contributed by atoms with van der Waals surface area (Å²) in [7, 11) is -9.69. The van der Waals surface area contributed by atoms with E-state index in [1.165, 1.54) is 24.3 Å². The summed E-state index contributed by atoms with van der Waals surface area (Å²) in [6.07, 6.45) is -0.117. The molecule has 2 rings (SSSR count). The van der Waals surface area contributed by atoms with Crippen molar-refractivity contribution < 1.29 is 85.1 Å². The molecule has 0 spiro atoms. The van der Waals surface area contributed by atoms with Crippen LogP contribution in [0.4, 0.5) is 0 Å². The van der Waals surface area contributed by atoms with Crippen LogP contribution in [0.5, 0.6) is 0 Å². The first-order valence-corrected chi connectivity index (χ1v) is 9.86. The molecule has 0 radical (unpaired) electrons. The average molecular weight is 436 g/mol. The van der Waals surface area contributed by atoms with Crippen LogP contribution in [-0.2, 0) is 33.1 Å². The fraction of sp³-hybridized carbons (Fsp3) is 0.125. The van der Waals surface area contributed by atoms with E-state index in [0.717, 1.165) is 12.1 Å². The molecule has 0 amide bonds. The average Bonchev–Trinajstić information content (AvgIpc) is 2.58. The number of hydrogen-bond acceptors (Lipinski definition) is 8. The van der Waals surface area contributed by atoms with E-state index in [1.807, 2.05) is 0 Å². The summed E-state index contributed by atoms with van der Waals surface area (Å²) in [6, 6.07) is 10.6. The molecule has 8 nitrogen and oxygen atoms in total. The molecular weight excluding hydrogens is 426 g/mol. The Bertz CT molecular complexity index is 1070. The Labute approximate surface area is 207 Å². The van der Waals surface area contributed by atoms with Crippen LogP contribution in [0.25, 0.3) is 0 Å². The molecule has 0 heterocycles. The minimum absolute atomic E-state index is 0. The molecule has 2 aromatic carbocycles. The molecule has 0 saturated heterocycles. The number of rotatable bonds is 5. The van der Waals surface area contributed by atoms with E-state index >= 15 is 0 Å². The Balaban J connectivity index is 0.00000364. The molecule has 0 aliphatic heterocycles. The maximum absolute atomic E-state index is 11.4. The van der Waals surface area contributed by atoms with Crippen LogP contribution in [0.3, 0.4) is 0 Å². The van der Waals surface area contributed by atoms with Gasteiger partial charge in [0.05, 0.1) is 33.1 Å². The number of hydrogen-bond donors (Lipinski definition) is 0. The quantitative estimate of drug-likeness (QED) is 0.332. The molecule has 28 heavy (non-hydrogen) atoms. The van der Waals surface area contributed by atoms with Gasteiger partial charge < -0.3 is 9.11 Å². The van der Waals surface area contributed by atoms with Crippen LogP contribution in [-0.4, -0.2) is 25.9 Å². The van der Waals surface area contributed by atoms with Crippen molar-refractivity contribution in [1.82, 2.24) is 0 Å². The first-order chi connectivity index (χ1) is 12.1. The Morgan fingerprint density at radius 2 is 1.04 bits per heavy atom. The van der Waals surface area contributed by atoms with Crippen molar-refractivity contribution in [2.24, 2.45) is 0 Å². The summed E-state index contributed by atoms with van der Waals surface area (Å²) < 4.78 is 68.4. The standard InChI is InChI=1S/C16H12N2O6S2.2Na/c17-9-11-1-3-13(15(7-11)25(19,20)21)5-6-14-4-2-12(10-18)8-16(14)26(22,23)24;;/h1-4,7-8H,5-6H2,(H,19,20,21)(H,22,23,24);;/q;2*+1/p-2. The van der Waals surface area contributed by atoms with Crippen LogP contribution >= 0.6 is 0 Å². The molecule has 0 unspecified atom stereocenters. The van der Waals surface area contributed by atoms with Gasteiger partial charge in [-0.15, -0.1) is 0 Å². The largest absolute Gasteiger partial charge is 1.00 e. The van der Waals surface area contributed by atoms with Gasteiger partial charge in [-0.05, 0) is 48.2 Å². The van der Waals surface area contributed by atoms with E-state index in [4.69, 9.17) is 10.5 Å². The maximum atomic E-state index is 11.4. The van der Waals surface area contributed by atoms with Gasteiger partial charge in [0, 0.05) is 0 Å². The zero-order valence-corrected chi connectivity index (χ0v) is 20.7. The molecule has 134 valence electrons. The zero-order chi connectivity index (χ0) is 19.5. The van der Waals surface area contributed by atoms with E-state index in [2.05, 4.69) is 0 Å². The fourth-order valence-corrected chi connectivity index (χ4v) is 3.92. The van der Waals surface area contributed by atoms with Crippen LogP contribution in [0.15, 0.2) is 46.2 Å². The van der Waals surface area contributed by atoms with Crippen molar-refractivity contribution >= 4 is 20.2 Å². The zero-order valence-electron chi connectivity index (χ0n) is 15.0. The van der Waals surface area contributed by atoms with Crippen molar-refractivity contribution in [2.45, 2.75) is 22.6 Å². The Hall–Kier alpha value is -0.760. The molecule has 2 aromatic rings. The molecule has 0 aliphatic rings. The second-order valence-corrected chi connectivity index (χ2v) is 7.97. The second-order valence-electron chi connectivity index (χ2n) is 5.28. The van der Waals surface area contributed by atoms with Gasteiger partial charge in [-0.25, -0.2) is 16.8 Å². The molecule has 0 atom stereocenters. The third kappa shape index (κ3) is 6.94. The normalized spacial score (nSPS) is 10.7. The SMILES string of the molecule is N#Cc1ccc(CCc2ccc(C#N)cc2S(=O)(=O)[O-])c(S(=O)(=O)[O-])c1.[Na+].[Na+]. The van der Waals surface area contributed by atoms with Gasteiger partial charge in [0.15, 0.2) is 0 Å². The number of benzene rings is 2. The minimum Gasteiger partial charge on any atom is -0.744 e. The van der Waals surface area contributed by atoms with Gasteiger partial charge in [-0.3, -0.25) is 0 Å². The summed E-state index contributed by atoms with van der Waals surface area (Å²) in [5.41, 5.74) is 0.170. The first kappa shape index (κ1) is 27.2. The summed E-state index contributed by atoms with van der Waals surface area (Å²) >= 11 is 0. The van der Waals surface area contributed by atoms with Crippen molar-refractivity contribution in [3.8, 4) is 12.1 Å². The second kappa shape index (κ2) is 10.9. The third-order valence-electron chi connectivity index (χ3n) is 3.59. The number of aryl methyl sites for hydroxylation is 2. The number of nitrogens with zero attached hydrogens (tertiary/aromatic N) is 2. The minimum atomic E-state index is -4.84. The van der Waals surface area contributed by atoms with Crippen molar-refractivity contribution in [2.75, 3.05) is 0 Å². The topological polar surface area (TPSA) is 162 Å². The summed E-state index contributed by atoms with van der Waals surface area (Å²) in [5.74, 6) is 0. The van der Waals surface area contributed by atoms with Gasteiger partial charge >= 0.3 is 59.1 Å². The Morgan fingerprint density at radius 3 is 1.29 bits per heavy atom. The maximum Gasteiger partial charge on any atom is 1.00 e. The molecule has 0 saturated carbocycles. The molecule has 0 fully saturated rings. The van der Waals surface area contributed by atoms with Crippen LogP contribution in [0.1, 0.15) is 22.3 Å². The molecular formula is C16H10N2Na2O6S2. The van der Waals surface area contributed by atoms with Crippen LogP contribution in [0, 0.1) is 22.7 Å². The van der Waals surface area contributed by atoms with E-state index in [1.54, 1.807) is 12.1 Å². The molecule has 0 bridgehead atoms. The Kier molecular flexibility index (Phi) is 10.6. The van der Waals surface area contributed by atoms with E-state index in [0.29, 0.717) is 0 Å². The van der Waals surface area contributed by atoms with Crippen molar-refractivity contribution in [3.63, 3.8) is 0 Å². The van der Waals surface area contributed by atoms with Gasteiger partial charge in [0.2, 0.25) is 0 Å². The smallest absolute Gasteiger partial charge is 0.744 e. The molecule has 0 aromatic heterocycles. The molecule has 12 heteroatoms. The van der Waals surface area contributed by atoms with Crippen LogP contribution < -0.4 is 59.1 Å². The molecule has 0 aliphatic carbocycles. The molecule has 0 N–H and O–H groups in total. The van der Waals surface area contributed by atoms with E-state index in [9.17, 15) is 25.9 Å². The summed E-state index contributed by atoms with van der Waals surface area (Å²) in [6.45, 7) is 0. The van der Waals surface area contributed by atoms with Gasteiger partial charge in [0.1, 0.15) is 20.2 Å². The predicted molar refractivity (Wildman–Crippen MR) is 85.6 cm³/mol. The summed E-state index contributed by atoms with van der Waals surface area (Å²) in [5, 5.41) is 17.7. The van der Waals surface area contributed by atoms with Crippen molar-refractivity contribution in [1.29, 1.82) is 10.5 Å². The van der Waals surface area contributed by atoms with Crippen LogP contribution in [0.2, 0.25) is 0 Å². The Morgan fingerprint density at radius 1 is 0.714 bits per heavy atom. The summed E-state index contributed by atoms with van der Waals surface area (Å²) in [4.78, 5) is -1.14. The fourth-order valence-electron chi connectivity index (χ4n) is 2.40. The van der Waals surface area contributed by atoms with E-state index in [-0.39, 0.29) is 94.2 Å². The number of nitriles is 2. The van der Waals surface area contributed by atoms with Gasteiger partial charge in [0.25, 0.3) is 0 Å². The van der Waals surface area contributed by atoms with Crippen molar-refractivity contribution in [3.05, 3.63) is 58.7 Å². The predicted octanol–water partition coefficient (Wildman–Crippen LogP) is -4.97. The third-order valence-corrected chi connectivity index (χ3v) is 5.43.